The average Bonchev–Trinajstić information content (AvgIpc) is 3.52. The standard InChI is InChI=1S/C26H32N6O2/c1-4-30(5-2)20-12-13-31(16-20)25(33)22-15-28-32(23(22)17-34-3)26-27-14-19-11-10-18-8-6-7-9-21(18)24(19)29-26/h6-9,14-15,20H,4-5,10-13,16-17H2,1-3H3/t20-/m0/s1. The molecule has 0 bridgehead atoms. The fourth-order valence-corrected chi connectivity index (χ4v) is 5.29. The quantitative estimate of drug-likeness (QED) is 0.539. The van der Waals surface area contributed by atoms with Crippen LogP contribution in [-0.4, -0.2) is 74.8 Å². The number of likely N-dealkylation sites (tertiary alicyclic amines) is 1. The van der Waals surface area contributed by atoms with Crippen molar-refractivity contribution in [2.24, 2.45) is 0 Å². The number of benzene rings is 1. The number of aromatic nitrogens is 4. The van der Waals surface area contributed by atoms with Gasteiger partial charge in [0.15, 0.2) is 0 Å². The lowest BCUT2D eigenvalue weighted by atomic mass is 9.90. The molecule has 1 amide bonds. The third kappa shape index (κ3) is 4.01. The van der Waals surface area contributed by atoms with Crippen LogP contribution in [-0.2, 0) is 24.2 Å². The minimum absolute atomic E-state index is 0.00346. The number of fused-ring (bicyclic) bond motifs is 3. The number of ether oxygens (including phenoxy) is 1. The summed E-state index contributed by atoms with van der Waals surface area (Å²) in [5.41, 5.74) is 5.76. The fourth-order valence-electron chi connectivity index (χ4n) is 5.29. The second-order valence-corrected chi connectivity index (χ2v) is 8.97. The van der Waals surface area contributed by atoms with E-state index in [4.69, 9.17) is 9.72 Å². The number of methoxy groups -OCH3 is 1. The van der Waals surface area contributed by atoms with Crippen LogP contribution >= 0.6 is 0 Å². The zero-order chi connectivity index (χ0) is 23.7. The number of nitrogens with zero attached hydrogens (tertiary/aromatic N) is 6. The zero-order valence-electron chi connectivity index (χ0n) is 20.2. The normalized spacial score (nSPS) is 17.2. The van der Waals surface area contributed by atoms with Crippen molar-refractivity contribution in [3.8, 4) is 17.2 Å². The summed E-state index contributed by atoms with van der Waals surface area (Å²) >= 11 is 0. The highest BCUT2D eigenvalue weighted by Crippen LogP contribution is 2.32. The third-order valence-electron chi connectivity index (χ3n) is 7.14. The Morgan fingerprint density at radius 3 is 2.74 bits per heavy atom. The Hall–Kier alpha value is -3.10. The van der Waals surface area contributed by atoms with E-state index < -0.39 is 0 Å². The van der Waals surface area contributed by atoms with Crippen LogP contribution in [0, 0.1) is 0 Å². The van der Waals surface area contributed by atoms with E-state index in [1.54, 1.807) is 18.0 Å². The predicted octanol–water partition coefficient (Wildman–Crippen LogP) is 3.13. The zero-order valence-corrected chi connectivity index (χ0v) is 20.2. The molecule has 34 heavy (non-hydrogen) atoms. The molecule has 0 radical (unpaired) electrons. The van der Waals surface area contributed by atoms with Crippen LogP contribution in [0.15, 0.2) is 36.7 Å². The number of hydrogen-bond donors (Lipinski definition) is 0. The number of amides is 1. The molecule has 1 aromatic carbocycles. The summed E-state index contributed by atoms with van der Waals surface area (Å²) in [6.07, 6.45) is 6.43. The van der Waals surface area contributed by atoms with Gasteiger partial charge in [-0.2, -0.15) is 9.78 Å². The molecule has 3 aromatic rings. The molecule has 0 spiro atoms. The number of hydrogen-bond acceptors (Lipinski definition) is 6. The summed E-state index contributed by atoms with van der Waals surface area (Å²) in [6.45, 7) is 8.08. The molecule has 5 rings (SSSR count). The summed E-state index contributed by atoms with van der Waals surface area (Å²) in [5, 5.41) is 4.54. The second-order valence-electron chi connectivity index (χ2n) is 8.97. The van der Waals surface area contributed by atoms with Crippen molar-refractivity contribution >= 4 is 5.91 Å². The van der Waals surface area contributed by atoms with E-state index in [2.05, 4.69) is 47.0 Å². The number of rotatable bonds is 7. The van der Waals surface area contributed by atoms with Crippen molar-refractivity contribution in [3.05, 3.63) is 59.0 Å². The van der Waals surface area contributed by atoms with Gasteiger partial charge in [0.25, 0.3) is 11.9 Å². The first-order chi connectivity index (χ1) is 16.6. The van der Waals surface area contributed by atoms with E-state index in [1.807, 2.05) is 17.2 Å². The molecule has 8 heteroatoms. The van der Waals surface area contributed by atoms with Gasteiger partial charge >= 0.3 is 0 Å². The molecule has 8 nitrogen and oxygen atoms in total. The maximum absolute atomic E-state index is 13.5. The van der Waals surface area contributed by atoms with Crippen molar-refractivity contribution in [1.82, 2.24) is 29.5 Å². The monoisotopic (exact) mass is 460 g/mol. The van der Waals surface area contributed by atoms with Crippen molar-refractivity contribution in [3.63, 3.8) is 0 Å². The van der Waals surface area contributed by atoms with Gasteiger partial charge in [-0.25, -0.2) is 9.97 Å². The highest BCUT2D eigenvalue weighted by Gasteiger charge is 2.32. The minimum Gasteiger partial charge on any atom is -0.378 e. The van der Waals surface area contributed by atoms with Crippen LogP contribution in [0.2, 0.25) is 0 Å². The molecule has 0 N–H and O–H groups in total. The summed E-state index contributed by atoms with van der Waals surface area (Å²) < 4.78 is 7.13. The van der Waals surface area contributed by atoms with Crippen LogP contribution in [0.25, 0.3) is 17.2 Å². The van der Waals surface area contributed by atoms with Crippen molar-refractivity contribution in [1.29, 1.82) is 0 Å². The van der Waals surface area contributed by atoms with Crippen LogP contribution in [0.1, 0.15) is 47.4 Å². The Bertz CT molecular complexity index is 1190. The lowest BCUT2D eigenvalue weighted by molar-refractivity contribution is 0.0772. The lowest BCUT2D eigenvalue weighted by Gasteiger charge is -2.26. The lowest BCUT2D eigenvalue weighted by Crippen LogP contribution is -2.38. The van der Waals surface area contributed by atoms with Crippen molar-refractivity contribution in [2.75, 3.05) is 33.3 Å². The molecule has 1 saturated heterocycles. The van der Waals surface area contributed by atoms with E-state index in [1.165, 1.54) is 5.56 Å². The molecule has 178 valence electrons. The van der Waals surface area contributed by atoms with Crippen LogP contribution in [0.3, 0.4) is 0 Å². The van der Waals surface area contributed by atoms with Gasteiger partial charge in [-0.15, -0.1) is 0 Å². The summed E-state index contributed by atoms with van der Waals surface area (Å²) in [7, 11) is 1.63. The van der Waals surface area contributed by atoms with Gasteiger partial charge in [0.2, 0.25) is 0 Å². The van der Waals surface area contributed by atoms with E-state index in [-0.39, 0.29) is 12.5 Å². The highest BCUT2D eigenvalue weighted by molar-refractivity contribution is 5.95. The Labute approximate surface area is 200 Å². The summed E-state index contributed by atoms with van der Waals surface area (Å²) in [5.74, 6) is 0.459. The predicted molar refractivity (Wildman–Crippen MR) is 130 cm³/mol. The van der Waals surface area contributed by atoms with E-state index in [0.29, 0.717) is 23.2 Å². The molecular weight excluding hydrogens is 428 g/mol. The first kappa shape index (κ1) is 22.7. The van der Waals surface area contributed by atoms with Crippen LogP contribution in [0.4, 0.5) is 0 Å². The molecule has 1 atom stereocenters. The molecule has 1 aliphatic heterocycles. The highest BCUT2D eigenvalue weighted by atomic mass is 16.5. The Morgan fingerprint density at radius 1 is 1.15 bits per heavy atom. The average molecular weight is 461 g/mol. The third-order valence-corrected chi connectivity index (χ3v) is 7.14. The largest absolute Gasteiger partial charge is 0.378 e. The van der Waals surface area contributed by atoms with Gasteiger partial charge in [0.05, 0.1) is 29.8 Å². The number of likely N-dealkylation sites (N-methyl/N-ethyl adjacent to an activating group) is 1. The van der Waals surface area contributed by atoms with Gasteiger partial charge in [-0.1, -0.05) is 38.1 Å². The van der Waals surface area contributed by atoms with Gasteiger partial charge in [-0.05, 0) is 43.5 Å². The van der Waals surface area contributed by atoms with E-state index in [0.717, 1.165) is 62.3 Å². The maximum atomic E-state index is 13.5. The van der Waals surface area contributed by atoms with E-state index in [9.17, 15) is 4.79 Å². The summed E-state index contributed by atoms with van der Waals surface area (Å²) in [6, 6.07) is 8.78. The van der Waals surface area contributed by atoms with Crippen molar-refractivity contribution in [2.45, 2.75) is 45.8 Å². The topological polar surface area (TPSA) is 76.4 Å². The molecule has 1 fully saturated rings. The molecule has 2 aromatic heterocycles. The van der Waals surface area contributed by atoms with Gasteiger partial charge in [0.1, 0.15) is 0 Å². The van der Waals surface area contributed by atoms with Crippen LogP contribution < -0.4 is 0 Å². The number of aryl methyl sites for hydroxylation is 2. The first-order valence-electron chi connectivity index (χ1n) is 12.2. The maximum Gasteiger partial charge on any atom is 0.257 e. The minimum atomic E-state index is -0.00346. The number of carbonyl (C=O) groups is 1. The molecular formula is C26H32N6O2. The SMILES string of the molecule is CCN(CC)[C@H]1CCN(C(=O)c2cnn(-c3ncc4c(n3)-c3ccccc3CC4)c2COC)C1. The molecule has 0 unspecified atom stereocenters. The fraction of sp³-hybridized carbons (Fsp3) is 0.462. The first-order valence-corrected chi connectivity index (χ1v) is 12.2. The molecule has 3 heterocycles. The molecule has 1 aliphatic carbocycles. The summed E-state index contributed by atoms with van der Waals surface area (Å²) in [4.78, 5) is 27.4. The van der Waals surface area contributed by atoms with E-state index >= 15 is 0 Å². The molecule has 2 aliphatic rings. The van der Waals surface area contributed by atoms with Crippen molar-refractivity contribution < 1.29 is 9.53 Å². The molecule has 0 saturated carbocycles. The van der Waals surface area contributed by atoms with Gasteiger partial charge in [-0.3, -0.25) is 9.69 Å². The van der Waals surface area contributed by atoms with Gasteiger partial charge < -0.3 is 9.64 Å². The van der Waals surface area contributed by atoms with Gasteiger partial charge in [0, 0.05) is 38.0 Å². The Balaban J connectivity index is 1.46. The Kier molecular flexibility index (Phi) is 6.43. The second kappa shape index (κ2) is 9.64. The Morgan fingerprint density at radius 2 is 1.94 bits per heavy atom. The number of carbonyl (C=O) groups excluding carboxylic acids is 1. The van der Waals surface area contributed by atoms with Crippen LogP contribution in [0.5, 0.6) is 0 Å². The smallest absolute Gasteiger partial charge is 0.257 e.